The molecular formula is C15H27NOSi. The summed E-state index contributed by atoms with van der Waals surface area (Å²) in [7, 11) is 0.603. The summed E-state index contributed by atoms with van der Waals surface area (Å²) < 4.78 is 5.12. The van der Waals surface area contributed by atoms with Gasteiger partial charge < -0.3 is 10.1 Å². The summed E-state index contributed by atoms with van der Waals surface area (Å²) in [5.74, 6) is 0.566. The van der Waals surface area contributed by atoms with Gasteiger partial charge in [-0.2, -0.15) is 0 Å². The van der Waals surface area contributed by atoms with Crippen molar-refractivity contribution in [3.8, 4) is 0 Å². The quantitative estimate of drug-likeness (QED) is 0.765. The van der Waals surface area contributed by atoms with Crippen molar-refractivity contribution in [1.82, 2.24) is 5.32 Å². The number of ether oxygens (including phenoxy) is 1. The molecule has 0 saturated heterocycles. The van der Waals surface area contributed by atoms with Gasteiger partial charge in [0.15, 0.2) is 0 Å². The van der Waals surface area contributed by atoms with E-state index in [0.717, 1.165) is 19.7 Å². The summed E-state index contributed by atoms with van der Waals surface area (Å²) in [6.45, 7) is 12.1. The van der Waals surface area contributed by atoms with Crippen molar-refractivity contribution in [2.24, 2.45) is 5.92 Å². The fraction of sp³-hybridized carbons (Fsp3) is 0.600. The molecular weight excluding hydrogens is 238 g/mol. The molecule has 0 aliphatic carbocycles. The molecule has 0 saturated carbocycles. The van der Waals surface area contributed by atoms with Crippen molar-refractivity contribution >= 4 is 13.3 Å². The average Bonchev–Trinajstić information content (AvgIpc) is 2.29. The highest BCUT2D eigenvalue weighted by Gasteiger charge is 2.15. The van der Waals surface area contributed by atoms with E-state index in [4.69, 9.17) is 4.74 Å². The van der Waals surface area contributed by atoms with Crippen LogP contribution in [-0.4, -0.2) is 28.3 Å². The molecule has 1 aromatic rings. The molecule has 1 rings (SSSR count). The van der Waals surface area contributed by atoms with E-state index in [1.165, 1.54) is 10.8 Å². The van der Waals surface area contributed by atoms with Crippen LogP contribution < -0.4 is 10.5 Å². The lowest BCUT2D eigenvalue weighted by molar-refractivity contribution is 0.158. The van der Waals surface area contributed by atoms with Crippen LogP contribution in [0.5, 0.6) is 0 Å². The average molecular weight is 265 g/mol. The molecule has 102 valence electrons. The zero-order valence-electron chi connectivity index (χ0n) is 12.4. The Kier molecular flexibility index (Phi) is 6.06. The SMILES string of the molecule is COCC(C)CNCc1ccc([Si](C)(C)C)cc1. The van der Waals surface area contributed by atoms with E-state index in [9.17, 15) is 0 Å². The van der Waals surface area contributed by atoms with Crippen molar-refractivity contribution in [3.63, 3.8) is 0 Å². The van der Waals surface area contributed by atoms with Gasteiger partial charge in [-0.1, -0.05) is 56.0 Å². The fourth-order valence-electron chi connectivity index (χ4n) is 1.93. The van der Waals surface area contributed by atoms with Crippen LogP contribution in [0, 0.1) is 5.92 Å². The molecule has 0 spiro atoms. The lowest BCUT2D eigenvalue weighted by Gasteiger charge is -2.17. The third-order valence-electron chi connectivity index (χ3n) is 3.09. The van der Waals surface area contributed by atoms with Gasteiger partial charge in [-0.3, -0.25) is 0 Å². The first-order valence-electron chi connectivity index (χ1n) is 6.72. The Hall–Kier alpha value is -0.643. The van der Waals surface area contributed by atoms with E-state index in [1.54, 1.807) is 7.11 Å². The standard InChI is InChI=1S/C15H27NOSi/c1-13(12-17-2)10-16-11-14-6-8-15(9-7-14)18(3,4)5/h6-9,13,16H,10-12H2,1-5H3. The van der Waals surface area contributed by atoms with Crippen LogP contribution in [0.25, 0.3) is 0 Å². The van der Waals surface area contributed by atoms with Crippen molar-refractivity contribution < 1.29 is 4.74 Å². The van der Waals surface area contributed by atoms with Crippen LogP contribution in [0.2, 0.25) is 19.6 Å². The highest BCUT2D eigenvalue weighted by Crippen LogP contribution is 2.04. The summed E-state index contributed by atoms with van der Waals surface area (Å²) in [5, 5.41) is 5.00. The lowest BCUT2D eigenvalue weighted by Crippen LogP contribution is -2.37. The molecule has 2 nitrogen and oxygen atoms in total. The van der Waals surface area contributed by atoms with E-state index in [1.807, 2.05) is 0 Å². The van der Waals surface area contributed by atoms with Crippen molar-refractivity contribution in [2.45, 2.75) is 33.1 Å². The molecule has 0 aliphatic rings. The Morgan fingerprint density at radius 2 is 1.78 bits per heavy atom. The van der Waals surface area contributed by atoms with Crippen LogP contribution in [0.4, 0.5) is 0 Å². The normalized spacial score (nSPS) is 13.6. The zero-order chi connectivity index (χ0) is 13.6. The molecule has 1 N–H and O–H groups in total. The minimum Gasteiger partial charge on any atom is -0.384 e. The van der Waals surface area contributed by atoms with E-state index >= 15 is 0 Å². The lowest BCUT2D eigenvalue weighted by atomic mass is 10.2. The second-order valence-corrected chi connectivity index (χ2v) is 11.2. The van der Waals surface area contributed by atoms with Gasteiger partial charge in [-0.15, -0.1) is 0 Å². The maximum absolute atomic E-state index is 5.12. The number of rotatable bonds is 7. The first-order chi connectivity index (χ1) is 8.43. The maximum atomic E-state index is 5.12. The molecule has 0 heterocycles. The molecule has 1 aromatic carbocycles. The highest BCUT2D eigenvalue weighted by atomic mass is 28.3. The molecule has 0 aromatic heterocycles. The van der Waals surface area contributed by atoms with Crippen LogP contribution in [0.3, 0.4) is 0 Å². The molecule has 18 heavy (non-hydrogen) atoms. The molecule has 3 heteroatoms. The second-order valence-electron chi connectivity index (χ2n) is 6.14. The van der Waals surface area contributed by atoms with Crippen LogP contribution in [-0.2, 0) is 11.3 Å². The zero-order valence-corrected chi connectivity index (χ0v) is 13.4. The smallest absolute Gasteiger partial charge is 0.0775 e. The van der Waals surface area contributed by atoms with Gasteiger partial charge in [0.1, 0.15) is 0 Å². The van der Waals surface area contributed by atoms with Gasteiger partial charge in [-0.25, -0.2) is 0 Å². The fourth-order valence-corrected chi connectivity index (χ4v) is 3.10. The topological polar surface area (TPSA) is 21.3 Å². The Morgan fingerprint density at radius 3 is 2.28 bits per heavy atom. The van der Waals surface area contributed by atoms with Crippen LogP contribution in [0.15, 0.2) is 24.3 Å². The van der Waals surface area contributed by atoms with Gasteiger partial charge in [-0.05, 0) is 11.5 Å². The Morgan fingerprint density at radius 1 is 1.17 bits per heavy atom. The van der Waals surface area contributed by atoms with E-state index in [-0.39, 0.29) is 0 Å². The minimum atomic E-state index is -1.15. The summed E-state index contributed by atoms with van der Waals surface area (Å²) >= 11 is 0. The molecule has 0 radical (unpaired) electrons. The van der Waals surface area contributed by atoms with E-state index < -0.39 is 8.07 Å². The number of hydrogen-bond donors (Lipinski definition) is 1. The Bertz CT molecular complexity index is 343. The predicted octanol–water partition coefficient (Wildman–Crippen LogP) is 2.60. The largest absolute Gasteiger partial charge is 0.384 e. The first-order valence-corrected chi connectivity index (χ1v) is 10.2. The third-order valence-corrected chi connectivity index (χ3v) is 5.16. The van der Waals surface area contributed by atoms with Gasteiger partial charge in [0.25, 0.3) is 0 Å². The predicted molar refractivity (Wildman–Crippen MR) is 82.2 cm³/mol. The number of nitrogens with one attached hydrogen (secondary N) is 1. The highest BCUT2D eigenvalue weighted by molar-refractivity contribution is 6.88. The van der Waals surface area contributed by atoms with Gasteiger partial charge in [0.2, 0.25) is 0 Å². The number of hydrogen-bond acceptors (Lipinski definition) is 2. The molecule has 1 unspecified atom stereocenters. The molecule has 0 bridgehead atoms. The van der Waals surface area contributed by atoms with Gasteiger partial charge in [0.05, 0.1) is 8.07 Å². The molecule has 0 fully saturated rings. The Labute approximate surface area is 113 Å². The minimum absolute atomic E-state index is 0.566. The second kappa shape index (κ2) is 7.07. The van der Waals surface area contributed by atoms with Crippen LogP contribution in [0.1, 0.15) is 12.5 Å². The molecule has 1 atom stereocenters. The summed E-state index contributed by atoms with van der Waals surface area (Å²) in [6.07, 6.45) is 0. The van der Waals surface area contributed by atoms with Crippen LogP contribution >= 0.6 is 0 Å². The summed E-state index contributed by atoms with van der Waals surface area (Å²) in [6, 6.07) is 9.09. The molecule has 0 aliphatic heterocycles. The van der Waals surface area contributed by atoms with Gasteiger partial charge >= 0.3 is 0 Å². The first kappa shape index (κ1) is 15.4. The monoisotopic (exact) mass is 265 g/mol. The maximum Gasteiger partial charge on any atom is 0.0775 e. The van der Waals surface area contributed by atoms with Gasteiger partial charge in [0, 0.05) is 26.8 Å². The number of benzene rings is 1. The van der Waals surface area contributed by atoms with Crippen molar-refractivity contribution in [2.75, 3.05) is 20.3 Å². The molecule has 0 amide bonds. The number of methoxy groups -OCH3 is 1. The van der Waals surface area contributed by atoms with Crippen molar-refractivity contribution in [3.05, 3.63) is 29.8 Å². The van der Waals surface area contributed by atoms with E-state index in [2.05, 4.69) is 56.1 Å². The summed E-state index contributed by atoms with van der Waals surface area (Å²) in [5.41, 5.74) is 1.36. The summed E-state index contributed by atoms with van der Waals surface area (Å²) in [4.78, 5) is 0. The third kappa shape index (κ3) is 5.34. The van der Waals surface area contributed by atoms with Crippen molar-refractivity contribution in [1.29, 1.82) is 0 Å². The van der Waals surface area contributed by atoms with E-state index in [0.29, 0.717) is 5.92 Å². The Balaban J connectivity index is 2.40.